The second-order valence-electron chi connectivity index (χ2n) is 4.13. The van der Waals surface area contributed by atoms with E-state index >= 15 is 0 Å². The number of methoxy groups -OCH3 is 1. The number of benzene rings is 1. The van der Waals surface area contributed by atoms with Crippen molar-refractivity contribution < 1.29 is 13.9 Å². The van der Waals surface area contributed by atoms with Gasteiger partial charge in [0.1, 0.15) is 5.82 Å². The number of carbonyl (C=O) groups is 1. The summed E-state index contributed by atoms with van der Waals surface area (Å²) in [5.41, 5.74) is 0.988. The van der Waals surface area contributed by atoms with Gasteiger partial charge in [0.05, 0.1) is 12.6 Å². The predicted octanol–water partition coefficient (Wildman–Crippen LogP) is 1.70. The lowest BCUT2D eigenvalue weighted by Gasteiger charge is -2.13. The van der Waals surface area contributed by atoms with E-state index in [4.69, 9.17) is 4.74 Å². The molecule has 18 heavy (non-hydrogen) atoms. The van der Waals surface area contributed by atoms with Crippen LogP contribution in [0.5, 0.6) is 0 Å². The fourth-order valence-electron chi connectivity index (χ4n) is 1.54. The largest absolute Gasteiger partial charge is 0.383 e. The van der Waals surface area contributed by atoms with Gasteiger partial charge in [0, 0.05) is 13.7 Å². The molecular formula is C13H19FN2O2. The van der Waals surface area contributed by atoms with Gasteiger partial charge in [-0.15, -0.1) is 0 Å². The predicted molar refractivity (Wildman–Crippen MR) is 68.0 cm³/mol. The van der Waals surface area contributed by atoms with Crippen LogP contribution in [-0.2, 0) is 11.2 Å². The van der Waals surface area contributed by atoms with Gasteiger partial charge in [-0.25, -0.2) is 9.18 Å². The van der Waals surface area contributed by atoms with Crippen LogP contribution in [0.2, 0.25) is 0 Å². The van der Waals surface area contributed by atoms with Crippen LogP contribution in [-0.4, -0.2) is 32.3 Å². The number of ether oxygens (including phenoxy) is 1. The third-order valence-corrected chi connectivity index (χ3v) is 2.41. The number of halogens is 1. The van der Waals surface area contributed by atoms with E-state index in [1.165, 1.54) is 12.1 Å². The second-order valence-corrected chi connectivity index (χ2v) is 4.13. The molecule has 0 aliphatic carbocycles. The third-order valence-electron chi connectivity index (χ3n) is 2.41. The first-order valence-electron chi connectivity index (χ1n) is 5.89. The first kappa shape index (κ1) is 14.4. The van der Waals surface area contributed by atoms with Crippen LogP contribution >= 0.6 is 0 Å². The summed E-state index contributed by atoms with van der Waals surface area (Å²) in [7, 11) is 1.59. The van der Waals surface area contributed by atoms with Crippen molar-refractivity contribution in [1.82, 2.24) is 10.6 Å². The quantitative estimate of drug-likeness (QED) is 0.812. The third kappa shape index (κ3) is 5.63. The van der Waals surface area contributed by atoms with Crippen molar-refractivity contribution in [3.8, 4) is 0 Å². The minimum Gasteiger partial charge on any atom is -0.383 e. The average Bonchev–Trinajstić information content (AvgIpc) is 2.32. The molecule has 0 bridgehead atoms. The molecule has 0 aliphatic heterocycles. The molecule has 2 amide bonds. The fraction of sp³-hybridized carbons (Fsp3) is 0.462. The Kier molecular flexibility index (Phi) is 6.14. The maximum Gasteiger partial charge on any atom is 0.315 e. The van der Waals surface area contributed by atoms with Crippen molar-refractivity contribution in [2.45, 2.75) is 19.4 Å². The van der Waals surface area contributed by atoms with Gasteiger partial charge in [-0.1, -0.05) is 12.1 Å². The molecule has 0 saturated carbocycles. The Hall–Kier alpha value is -1.62. The molecule has 1 atom stereocenters. The lowest BCUT2D eigenvalue weighted by Crippen LogP contribution is -2.43. The molecule has 5 heteroatoms. The number of hydrogen-bond donors (Lipinski definition) is 2. The van der Waals surface area contributed by atoms with Gasteiger partial charge in [0.25, 0.3) is 0 Å². The lowest BCUT2D eigenvalue weighted by molar-refractivity contribution is 0.171. The maximum atomic E-state index is 12.7. The molecule has 0 aromatic heterocycles. The normalized spacial score (nSPS) is 11.9. The van der Waals surface area contributed by atoms with Gasteiger partial charge in [-0.05, 0) is 31.0 Å². The monoisotopic (exact) mass is 254 g/mol. The summed E-state index contributed by atoms with van der Waals surface area (Å²) in [6, 6.07) is 6.00. The van der Waals surface area contributed by atoms with Crippen molar-refractivity contribution in [3.63, 3.8) is 0 Å². The van der Waals surface area contributed by atoms with E-state index in [0.29, 0.717) is 19.6 Å². The molecule has 1 aromatic carbocycles. The Balaban J connectivity index is 2.21. The van der Waals surface area contributed by atoms with Crippen LogP contribution in [0.3, 0.4) is 0 Å². The van der Waals surface area contributed by atoms with Gasteiger partial charge in [-0.2, -0.15) is 0 Å². The van der Waals surface area contributed by atoms with Gasteiger partial charge < -0.3 is 15.4 Å². The van der Waals surface area contributed by atoms with Crippen LogP contribution in [0.15, 0.2) is 24.3 Å². The topological polar surface area (TPSA) is 50.4 Å². The fourth-order valence-corrected chi connectivity index (χ4v) is 1.54. The molecule has 1 aromatic rings. The van der Waals surface area contributed by atoms with Gasteiger partial charge in [0.2, 0.25) is 0 Å². The summed E-state index contributed by atoms with van der Waals surface area (Å²) in [4.78, 5) is 11.4. The summed E-state index contributed by atoms with van der Waals surface area (Å²) in [5, 5.41) is 5.48. The van der Waals surface area contributed by atoms with Crippen LogP contribution in [0.25, 0.3) is 0 Å². The van der Waals surface area contributed by atoms with E-state index in [-0.39, 0.29) is 17.9 Å². The van der Waals surface area contributed by atoms with Crippen LogP contribution in [0.4, 0.5) is 9.18 Å². The van der Waals surface area contributed by atoms with Crippen LogP contribution in [0.1, 0.15) is 12.5 Å². The van der Waals surface area contributed by atoms with Crippen molar-refractivity contribution in [1.29, 1.82) is 0 Å². The highest BCUT2D eigenvalue weighted by molar-refractivity contribution is 5.74. The number of amides is 2. The lowest BCUT2D eigenvalue weighted by atomic mass is 10.1. The Bertz CT molecular complexity index is 368. The highest BCUT2D eigenvalue weighted by atomic mass is 19.1. The summed E-state index contributed by atoms with van der Waals surface area (Å²) in [6.07, 6.45) is 0.673. The molecule has 0 spiro atoms. The number of urea groups is 1. The van der Waals surface area contributed by atoms with Gasteiger partial charge in [-0.3, -0.25) is 0 Å². The standard InChI is InChI=1S/C13H19FN2O2/c1-10(9-18-2)16-13(17)15-8-7-11-3-5-12(14)6-4-11/h3-6,10H,7-9H2,1-2H3,(H2,15,16,17). The highest BCUT2D eigenvalue weighted by Gasteiger charge is 2.05. The molecule has 0 heterocycles. The minimum absolute atomic E-state index is 0.0270. The summed E-state index contributed by atoms with van der Waals surface area (Å²) in [6.45, 7) is 2.85. The van der Waals surface area contributed by atoms with Gasteiger partial charge >= 0.3 is 6.03 Å². The Morgan fingerprint density at radius 1 is 1.39 bits per heavy atom. The first-order chi connectivity index (χ1) is 8.61. The number of hydrogen-bond acceptors (Lipinski definition) is 2. The summed E-state index contributed by atoms with van der Waals surface area (Å²) < 4.78 is 17.6. The molecule has 1 rings (SSSR count). The average molecular weight is 254 g/mol. The van der Waals surface area contributed by atoms with E-state index in [1.54, 1.807) is 19.2 Å². The van der Waals surface area contributed by atoms with Crippen LogP contribution < -0.4 is 10.6 Å². The SMILES string of the molecule is COCC(C)NC(=O)NCCc1ccc(F)cc1. The second kappa shape index (κ2) is 7.66. The zero-order valence-electron chi connectivity index (χ0n) is 10.7. The zero-order chi connectivity index (χ0) is 13.4. The highest BCUT2D eigenvalue weighted by Crippen LogP contribution is 2.02. The van der Waals surface area contributed by atoms with Crippen molar-refractivity contribution >= 4 is 6.03 Å². The van der Waals surface area contributed by atoms with E-state index < -0.39 is 0 Å². The Labute approximate surface area is 107 Å². The molecule has 0 fully saturated rings. The van der Waals surface area contributed by atoms with Gasteiger partial charge in [0.15, 0.2) is 0 Å². The maximum absolute atomic E-state index is 12.7. The number of carbonyl (C=O) groups excluding carboxylic acids is 1. The van der Waals surface area contributed by atoms with E-state index in [9.17, 15) is 9.18 Å². The molecule has 4 nitrogen and oxygen atoms in total. The Morgan fingerprint density at radius 2 is 2.06 bits per heavy atom. The number of nitrogens with one attached hydrogen (secondary N) is 2. The van der Waals surface area contributed by atoms with Crippen LogP contribution in [0, 0.1) is 5.82 Å². The molecule has 0 radical (unpaired) electrons. The number of rotatable bonds is 6. The van der Waals surface area contributed by atoms with Crippen molar-refractivity contribution in [2.75, 3.05) is 20.3 Å². The van der Waals surface area contributed by atoms with E-state index in [2.05, 4.69) is 10.6 Å². The van der Waals surface area contributed by atoms with E-state index in [0.717, 1.165) is 5.56 Å². The smallest absolute Gasteiger partial charge is 0.315 e. The van der Waals surface area contributed by atoms with E-state index in [1.807, 2.05) is 6.92 Å². The van der Waals surface area contributed by atoms with Crippen molar-refractivity contribution in [3.05, 3.63) is 35.6 Å². The molecular weight excluding hydrogens is 235 g/mol. The first-order valence-corrected chi connectivity index (χ1v) is 5.89. The molecule has 0 saturated heterocycles. The van der Waals surface area contributed by atoms with Crippen molar-refractivity contribution in [2.24, 2.45) is 0 Å². The molecule has 1 unspecified atom stereocenters. The Morgan fingerprint density at radius 3 is 2.67 bits per heavy atom. The zero-order valence-corrected chi connectivity index (χ0v) is 10.7. The summed E-state index contributed by atoms with van der Waals surface area (Å²) in [5.74, 6) is -0.252. The minimum atomic E-state index is -0.252. The molecule has 100 valence electrons. The molecule has 0 aliphatic rings. The summed E-state index contributed by atoms with van der Waals surface area (Å²) >= 11 is 0. The molecule has 2 N–H and O–H groups in total.